The van der Waals surface area contributed by atoms with Crippen LogP contribution in [-0.4, -0.2) is 47.1 Å². The molecule has 0 spiro atoms. The number of nitrogens with zero attached hydrogens (tertiary/aromatic N) is 2. The molecule has 8 nitrogen and oxygen atoms in total. The highest BCUT2D eigenvalue weighted by Gasteiger charge is 2.25. The highest BCUT2D eigenvalue weighted by atomic mass is 19.1. The topological polar surface area (TPSA) is 104 Å². The van der Waals surface area contributed by atoms with E-state index in [1.807, 2.05) is 0 Å². The maximum Gasteiger partial charge on any atom is 0.274 e. The minimum absolute atomic E-state index is 0.0680. The van der Waals surface area contributed by atoms with E-state index in [0.29, 0.717) is 11.1 Å². The number of carbonyl (C=O) groups excluding carboxylic acids is 2. The van der Waals surface area contributed by atoms with Crippen molar-refractivity contribution in [2.24, 2.45) is 0 Å². The quantitative estimate of drug-likeness (QED) is 0.438. The number of halogens is 2. The Balaban J connectivity index is 1.76. The van der Waals surface area contributed by atoms with Crippen molar-refractivity contribution in [2.75, 3.05) is 14.2 Å². The number of carbonyl (C=O) groups is 2. The van der Waals surface area contributed by atoms with Crippen LogP contribution in [0.3, 0.4) is 0 Å². The van der Waals surface area contributed by atoms with Gasteiger partial charge in [-0.15, -0.1) is 0 Å². The van der Waals surface area contributed by atoms with Gasteiger partial charge in [0.2, 0.25) is 0 Å². The lowest BCUT2D eigenvalue weighted by atomic mass is 9.98. The number of hydrogen-bond acceptors (Lipinski definition) is 6. The molecule has 2 aromatic carbocycles. The standard InChI is InChI=1S/C24H24F2N4O4/c1-14(28-24(33)20-22(31)19(34-3)12-13-27-20)23(32)29-30(2)21(15-4-8-17(25)9-5-15)16-6-10-18(26)11-7-16/h4-14,21,31H,1-3H3,(H,28,33)(H,29,32)/t14-/m0/s1. The van der Waals surface area contributed by atoms with Crippen molar-refractivity contribution in [1.29, 1.82) is 0 Å². The van der Waals surface area contributed by atoms with E-state index in [1.165, 1.54) is 55.6 Å². The lowest BCUT2D eigenvalue weighted by Gasteiger charge is -2.30. The number of rotatable bonds is 8. The van der Waals surface area contributed by atoms with Crippen molar-refractivity contribution < 1.29 is 28.2 Å². The second-order valence-corrected chi connectivity index (χ2v) is 7.50. The third-order valence-electron chi connectivity index (χ3n) is 5.11. The first-order valence-corrected chi connectivity index (χ1v) is 10.3. The predicted molar refractivity (Wildman–Crippen MR) is 120 cm³/mol. The molecule has 0 unspecified atom stereocenters. The molecule has 3 N–H and O–H groups in total. The van der Waals surface area contributed by atoms with Crippen molar-refractivity contribution in [3.63, 3.8) is 0 Å². The molecule has 34 heavy (non-hydrogen) atoms. The number of aromatic hydroxyl groups is 1. The molecule has 1 aromatic heterocycles. The fourth-order valence-corrected chi connectivity index (χ4v) is 3.36. The van der Waals surface area contributed by atoms with E-state index < -0.39 is 41.3 Å². The fraction of sp³-hybridized carbons (Fsp3) is 0.208. The number of methoxy groups -OCH3 is 1. The minimum Gasteiger partial charge on any atom is -0.503 e. The third-order valence-corrected chi connectivity index (χ3v) is 5.11. The van der Waals surface area contributed by atoms with Gasteiger partial charge < -0.3 is 15.2 Å². The second-order valence-electron chi connectivity index (χ2n) is 7.50. The monoisotopic (exact) mass is 470 g/mol. The van der Waals surface area contributed by atoms with Crippen LogP contribution in [0.2, 0.25) is 0 Å². The zero-order chi connectivity index (χ0) is 24.8. The molecule has 1 heterocycles. The van der Waals surface area contributed by atoms with Gasteiger partial charge in [-0.2, -0.15) is 0 Å². The summed E-state index contributed by atoms with van der Waals surface area (Å²) >= 11 is 0. The number of hydrogen-bond donors (Lipinski definition) is 3. The summed E-state index contributed by atoms with van der Waals surface area (Å²) in [7, 11) is 2.93. The predicted octanol–water partition coefficient (Wildman–Crippen LogP) is 2.94. The largest absolute Gasteiger partial charge is 0.503 e. The molecule has 178 valence electrons. The molecule has 0 aliphatic carbocycles. The van der Waals surface area contributed by atoms with Crippen molar-refractivity contribution in [3.8, 4) is 11.5 Å². The average molecular weight is 470 g/mol. The summed E-state index contributed by atoms with van der Waals surface area (Å²) in [6, 6.07) is 11.2. The van der Waals surface area contributed by atoms with Gasteiger partial charge in [0.15, 0.2) is 17.2 Å². The summed E-state index contributed by atoms with van der Waals surface area (Å²) in [4.78, 5) is 29.2. The molecule has 3 aromatic rings. The zero-order valence-corrected chi connectivity index (χ0v) is 18.8. The van der Waals surface area contributed by atoms with Crippen molar-refractivity contribution in [2.45, 2.75) is 19.0 Å². The number of amides is 2. The Labute approximate surface area is 195 Å². The van der Waals surface area contributed by atoms with Crippen LogP contribution in [0.15, 0.2) is 60.8 Å². The number of benzene rings is 2. The van der Waals surface area contributed by atoms with E-state index in [0.717, 1.165) is 0 Å². The lowest BCUT2D eigenvalue weighted by molar-refractivity contribution is -0.127. The van der Waals surface area contributed by atoms with E-state index in [2.05, 4.69) is 15.7 Å². The van der Waals surface area contributed by atoms with Gasteiger partial charge in [0, 0.05) is 19.3 Å². The normalized spacial score (nSPS) is 11.9. The van der Waals surface area contributed by atoms with Gasteiger partial charge in [-0.3, -0.25) is 15.0 Å². The first kappa shape index (κ1) is 24.6. The molecule has 0 bridgehead atoms. The molecular formula is C24H24F2N4O4. The molecule has 1 atom stereocenters. The Morgan fingerprint density at radius 3 is 2.03 bits per heavy atom. The van der Waals surface area contributed by atoms with E-state index in [-0.39, 0.29) is 11.4 Å². The molecule has 3 rings (SSSR count). The summed E-state index contributed by atoms with van der Waals surface area (Å²) in [5, 5.41) is 14.1. The van der Waals surface area contributed by atoms with Gasteiger partial charge in [0.25, 0.3) is 11.8 Å². The SMILES string of the molecule is COc1ccnc(C(=O)N[C@@H](C)C(=O)NN(C)C(c2ccc(F)cc2)c2ccc(F)cc2)c1O. The average Bonchev–Trinajstić information content (AvgIpc) is 2.81. The highest BCUT2D eigenvalue weighted by Crippen LogP contribution is 2.28. The molecule has 0 aliphatic rings. The maximum atomic E-state index is 13.5. The fourth-order valence-electron chi connectivity index (χ4n) is 3.36. The van der Waals surface area contributed by atoms with Gasteiger partial charge in [-0.05, 0) is 42.3 Å². The summed E-state index contributed by atoms with van der Waals surface area (Å²) in [6.45, 7) is 1.46. The van der Waals surface area contributed by atoms with Crippen LogP contribution in [0.4, 0.5) is 8.78 Å². The second kappa shape index (κ2) is 10.7. The van der Waals surface area contributed by atoms with Crippen LogP contribution in [0.1, 0.15) is 34.6 Å². The number of hydrazine groups is 1. The van der Waals surface area contributed by atoms with Crippen LogP contribution >= 0.6 is 0 Å². The Morgan fingerprint density at radius 2 is 1.53 bits per heavy atom. The van der Waals surface area contributed by atoms with Gasteiger partial charge in [0.1, 0.15) is 17.7 Å². The van der Waals surface area contributed by atoms with Crippen LogP contribution in [0.25, 0.3) is 0 Å². The third kappa shape index (κ3) is 5.65. The lowest BCUT2D eigenvalue weighted by Crippen LogP contribution is -2.51. The molecular weight excluding hydrogens is 446 g/mol. The van der Waals surface area contributed by atoms with Crippen LogP contribution in [0.5, 0.6) is 11.5 Å². The zero-order valence-electron chi connectivity index (χ0n) is 18.8. The minimum atomic E-state index is -1.01. The number of aromatic nitrogens is 1. The molecule has 0 radical (unpaired) electrons. The number of nitrogens with one attached hydrogen (secondary N) is 2. The summed E-state index contributed by atoms with van der Waals surface area (Å²) < 4.78 is 31.9. The van der Waals surface area contributed by atoms with Gasteiger partial charge in [0.05, 0.1) is 13.2 Å². The van der Waals surface area contributed by atoms with Crippen molar-refractivity contribution in [1.82, 2.24) is 20.7 Å². The Kier molecular flexibility index (Phi) is 7.75. The molecule has 0 saturated carbocycles. The van der Waals surface area contributed by atoms with Crippen LogP contribution in [0, 0.1) is 11.6 Å². The van der Waals surface area contributed by atoms with Crippen molar-refractivity contribution in [3.05, 3.63) is 89.2 Å². The van der Waals surface area contributed by atoms with Gasteiger partial charge >= 0.3 is 0 Å². The smallest absolute Gasteiger partial charge is 0.274 e. The Hall–Kier alpha value is -4.05. The van der Waals surface area contributed by atoms with Crippen LogP contribution in [-0.2, 0) is 4.79 Å². The van der Waals surface area contributed by atoms with Gasteiger partial charge in [-0.25, -0.2) is 18.8 Å². The molecule has 0 saturated heterocycles. The molecule has 0 fully saturated rings. The first-order chi connectivity index (χ1) is 16.2. The summed E-state index contributed by atoms with van der Waals surface area (Å²) in [6.07, 6.45) is 1.29. The van der Waals surface area contributed by atoms with Gasteiger partial charge in [-0.1, -0.05) is 24.3 Å². The first-order valence-electron chi connectivity index (χ1n) is 10.3. The maximum absolute atomic E-state index is 13.5. The highest BCUT2D eigenvalue weighted by molar-refractivity contribution is 5.98. The molecule has 0 aliphatic heterocycles. The van der Waals surface area contributed by atoms with E-state index in [4.69, 9.17) is 4.74 Å². The Morgan fingerprint density at radius 1 is 1.00 bits per heavy atom. The summed E-state index contributed by atoms with van der Waals surface area (Å²) in [5.41, 5.74) is 3.70. The van der Waals surface area contributed by atoms with E-state index >= 15 is 0 Å². The number of ether oxygens (including phenoxy) is 1. The van der Waals surface area contributed by atoms with E-state index in [1.54, 1.807) is 31.3 Å². The molecule has 10 heteroatoms. The van der Waals surface area contributed by atoms with Crippen molar-refractivity contribution >= 4 is 11.8 Å². The summed E-state index contributed by atoms with van der Waals surface area (Å²) in [5.74, 6) is -2.54. The van der Waals surface area contributed by atoms with Crippen LogP contribution < -0.4 is 15.5 Å². The number of pyridine rings is 1. The Bertz CT molecular complexity index is 1110. The van der Waals surface area contributed by atoms with E-state index in [9.17, 15) is 23.5 Å². The molecule has 2 amide bonds.